The molecule has 0 saturated heterocycles. The number of rotatable bonds is 7. The average Bonchev–Trinajstić information content (AvgIpc) is 2.49. The molecule has 0 amide bonds. The van der Waals surface area contributed by atoms with E-state index in [1.54, 1.807) is 0 Å². The molecular formula is C18H28ClNO. The number of likely N-dealkylation sites (N-methyl/N-ethyl adjacent to an activating group) is 1. The Balaban J connectivity index is 2.07. The van der Waals surface area contributed by atoms with Gasteiger partial charge in [-0.15, -0.1) is 0 Å². The fourth-order valence-electron chi connectivity index (χ4n) is 3.63. The van der Waals surface area contributed by atoms with Gasteiger partial charge in [0.15, 0.2) is 0 Å². The van der Waals surface area contributed by atoms with Gasteiger partial charge in [0.05, 0.1) is 6.10 Å². The smallest absolute Gasteiger partial charge is 0.0755 e. The van der Waals surface area contributed by atoms with Crippen molar-refractivity contribution < 1.29 is 4.74 Å². The lowest BCUT2D eigenvalue weighted by Gasteiger charge is -2.35. The average molecular weight is 310 g/mol. The summed E-state index contributed by atoms with van der Waals surface area (Å²) in [5.41, 5.74) is 1.28. The Kier molecular flexibility index (Phi) is 7.01. The van der Waals surface area contributed by atoms with Crippen molar-refractivity contribution in [1.29, 1.82) is 0 Å². The monoisotopic (exact) mass is 309 g/mol. The van der Waals surface area contributed by atoms with Crippen molar-refractivity contribution in [3.8, 4) is 0 Å². The number of ether oxygens (including phenoxy) is 1. The Hall–Kier alpha value is -0.570. The van der Waals surface area contributed by atoms with Crippen LogP contribution in [0.4, 0.5) is 0 Å². The number of hydrogen-bond donors (Lipinski definition) is 1. The number of halogens is 1. The van der Waals surface area contributed by atoms with Gasteiger partial charge in [-0.25, -0.2) is 0 Å². The minimum absolute atomic E-state index is 0.296. The highest BCUT2D eigenvalue weighted by molar-refractivity contribution is 6.30. The van der Waals surface area contributed by atoms with Crippen LogP contribution < -0.4 is 5.32 Å². The van der Waals surface area contributed by atoms with Crippen LogP contribution in [0.5, 0.6) is 0 Å². The minimum Gasteiger partial charge on any atom is -0.380 e. The van der Waals surface area contributed by atoms with E-state index in [0.29, 0.717) is 18.1 Å². The van der Waals surface area contributed by atoms with Gasteiger partial charge in [-0.05, 0) is 49.4 Å². The van der Waals surface area contributed by atoms with Crippen molar-refractivity contribution in [3.05, 3.63) is 34.9 Å². The van der Waals surface area contributed by atoms with E-state index in [1.165, 1.54) is 37.7 Å². The molecule has 0 radical (unpaired) electrons. The maximum atomic E-state index is 6.12. The molecule has 3 heteroatoms. The molecule has 1 fully saturated rings. The molecule has 21 heavy (non-hydrogen) atoms. The molecule has 0 aromatic heterocycles. The Morgan fingerprint density at radius 1 is 1.29 bits per heavy atom. The Bertz CT molecular complexity index is 417. The first kappa shape index (κ1) is 16.8. The maximum Gasteiger partial charge on any atom is 0.0755 e. The van der Waals surface area contributed by atoms with E-state index >= 15 is 0 Å². The Morgan fingerprint density at radius 3 is 2.67 bits per heavy atom. The standard InChI is InChI=1S/C18H28ClNO/c1-3-20-17(13-14-8-7-11-16(19)12-14)18(21-2)15-9-5-4-6-10-15/h7-8,11-12,15,17-18,20H,3-6,9-10,13H2,1-2H3. The number of hydrogen-bond acceptors (Lipinski definition) is 2. The van der Waals surface area contributed by atoms with Crippen LogP contribution in [0.15, 0.2) is 24.3 Å². The van der Waals surface area contributed by atoms with Crippen LogP contribution in [0, 0.1) is 5.92 Å². The summed E-state index contributed by atoms with van der Waals surface area (Å²) in [6, 6.07) is 8.55. The zero-order valence-corrected chi connectivity index (χ0v) is 14.0. The summed E-state index contributed by atoms with van der Waals surface area (Å²) in [7, 11) is 1.86. The van der Waals surface area contributed by atoms with E-state index in [-0.39, 0.29) is 0 Å². The number of nitrogens with one attached hydrogen (secondary N) is 1. The topological polar surface area (TPSA) is 21.3 Å². The minimum atomic E-state index is 0.296. The number of methoxy groups -OCH3 is 1. The molecule has 118 valence electrons. The van der Waals surface area contributed by atoms with E-state index in [1.807, 2.05) is 19.2 Å². The third-order valence-corrected chi connectivity index (χ3v) is 4.83. The molecule has 1 aromatic rings. The summed E-state index contributed by atoms with van der Waals surface area (Å²) in [5, 5.41) is 4.45. The van der Waals surface area contributed by atoms with Gasteiger partial charge in [0.2, 0.25) is 0 Å². The van der Waals surface area contributed by atoms with Crippen molar-refractivity contribution in [2.75, 3.05) is 13.7 Å². The summed E-state index contributed by atoms with van der Waals surface area (Å²) in [4.78, 5) is 0. The molecule has 0 aliphatic heterocycles. The lowest BCUT2D eigenvalue weighted by molar-refractivity contribution is 0.00869. The number of benzene rings is 1. The Labute approximate surface area is 134 Å². The highest BCUT2D eigenvalue weighted by Gasteiger charge is 2.30. The second kappa shape index (κ2) is 8.77. The maximum absolute atomic E-state index is 6.12. The van der Waals surface area contributed by atoms with Crippen molar-refractivity contribution in [3.63, 3.8) is 0 Å². The zero-order chi connectivity index (χ0) is 15.1. The van der Waals surface area contributed by atoms with Crippen LogP contribution in [-0.2, 0) is 11.2 Å². The van der Waals surface area contributed by atoms with Gasteiger partial charge in [0, 0.05) is 18.2 Å². The molecule has 1 aliphatic rings. The molecule has 0 bridgehead atoms. The van der Waals surface area contributed by atoms with Crippen LogP contribution in [0.2, 0.25) is 5.02 Å². The van der Waals surface area contributed by atoms with Gasteiger partial charge < -0.3 is 10.1 Å². The van der Waals surface area contributed by atoms with Crippen molar-refractivity contribution in [2.45, 2.75) is 57.6 Å². The van der Waals surface area contributed by atoms with E-state index < -0.39 is 0 Å². The Morgan fingerprint density at radius 2 is 2.05 bits per heavy atom. The fourth-order valence-corrected chi connectivity index (χ4v) is 3.85. The normalized spacial score (nSPS) is 19.4. The van der Waals surface area contributed by atoms with Gasteiger partial charge in [-0.3, -0.25) is 0 Å². The molecule has 2 atom stereocenters. The van der Waals surface area contributed by atoms with E-state index in [9.17, 15) is 0 Å². The quantitative estimate of drug-likeness (QED) is 0.803. The van der Waals surface area contributed by atoms with Crippen molar-refractivity contribution >= 4 is 11.6 Å². The molecule has 2 nitrogen and oxygen atoms in total. The van der Waals surface area contributed by atoms with Crippen molar-refractivity contribution in [2.24, 2.45) is 5.92 Å². The molecular weight excluding hydrogens is 282 g/mol. The van der Waals surface area contributed by atoms with E-state index in [2.05, 4.69) is 24.4 Å². The molecule has 1 saturated carbocycles. The first-order valence-corrected chi connectivity index (χ1v) is 8.63. The molecule has 0 spiro atoms. The van der Waals surface area contributed by atoms with Gasteiger partial charge in [-0.1, -0.05) is 49.9 Å². The van der Waals surface area contributed by atoms with E-state index in [0.717, 1.165) is 18.0 Å². The lowest BCUT2D eigenvalue weighted by atomic mass is 9.81. The third-order valence-electron chi connectivity index (χ3n) is 4.59. The van der Waals surface area contributed by atoms with Gasteiger partial charge >= 0.3 is 0 Å². The summed E-state index contributed by atoms with van der Waals surface area (Å²) in [6.45, 7) is 3.14. The van der Waals surface area contributed by atoms with Crippen LogP contribution in [0.1, 0.15) is 44.6 Å². The summed E-state index contributed by atoms with van der Waals surface area (Å²) >= 11 is 6.12. The molecule has 0 heterocycles. The molecule has 1 N–H and O–H groups in total. The second-order valence-electron chi connectivity index (χ2n) is 6.10. The highest BCUT2D eigenvalue weighted by atomic mass is 35.5. The SMILES string of the molecule is CCNC(Cc1cccc(Cl)c1)C(OC)C1CCCCC1. The van der Waals surface area contributed by atoms with Crippen LogP contribution >= 0.6 is 11.6 Å². The zero-order valence-electron chi connectivity index (χ0n) is 13.3. The highest BCUT2D eigenvalue weighted by Crippen LogP contribution is 2.30. The lowest BCUT2D eigenvalue weighted by Crippen LogP contribution is -2.46. The third kappa shape index (κ3) is 4.98. The van der Waals surface area contributed by atoms with E-state index in [4.69, 9.17) is 16.3 Å². The first-order chi connectivity index (χ1) is 10.2. The summed E-state index contributed by atoms with van der Waals surface area (Å²) in [5.74, 6) is 0.687. The van der Waals surface area contributed by atoms with Gasteiger partial charge in [0.25, 0.3) is 0 Å². The van der Waals surface area contributed by atoms with Crippen LogP contribution in [0.25, 0.3) is 0 Å². The predicted octanol–water partition coefficient (Wildman–Crippen LogP) is 4.46. The summed E-state index contributed by atoms with van der Waals surface area (Å²) in [6.07, 6.45) is 7.95. The van der Waals surface area contributed by atoms with Crippen LogP contribution in [-0.4, -0.2) is 25.8 Å². The largest absolute Gasteiger partial charge is 0.380 e. The molecule has 2 rings (SSSR count). The molecule has 1 aromatic carbocycles. The second-order valence-corrected chi connectivity index (χ2v) is 6.53. The van der Waals surface area contributed by atoms with Gasteiger partial charge in [-0.2, -0.15) is 0 Å². The molecule has 2 unspecified atom stereocenters. The first-order valence-electron chi connectivity index (χ1n) is 8.25. The van der Waals surface area contributed by atoms with Crippen molar-refractivity contribution in [1.82, 2.24) is 5.32 Å². The predicted molar refractivity (Wildman–Crippen MR) is 90.0 cm³/mol. The molecule has 1 aliphatic carbocycles. The fraction of sp³-hybridized carbons (Fsp3) is 0.667. The van der Waals surface area contributed by atoms with Crippen LogP contribution in [0.3, 0.4) is 0 Å². The van der Waals surface area contributed by atoms with Gasteiger partial charge in [0.1, 0.15) is 0 Å². The summed E-state index contributed by atoms with van der Waals surface area (Å²) < 4.78 is 5.91.